The average Bonchev–Trinajstić information content (AvgIpc) is 0.741. The Kier molecular flexibility index (Phi) is 63.0. The SMILES string of the molecule is CC.CC(C)N1C[C@@H](C)CN2C(=O)c3c(O)c(=O)c(C(=O)CCc4ccc(F)cc4F)cn3CC21.CC(C)NC[C@@H](C)CCC(=O)OC(C)(C)C.CC(C)NC[C@@H](C)CN.COC(=O)[C@@H](C)CCC(=O)OC(C)(C)C.COC(=O)[C@@H](C)CO.C[C@@H](CCC(=O)OC(C)(C)C)CN=[N+]=[N-].Cc1ccc(S(=O)(=O)OC[C@@H](C)CCC(=O)OC(C)(C)C)cc1.ClCCl. The highest BCUT2D eigenvalue weighted by molar-refractivity contribution is 7.86. The van der Waals surface area contributed by atoms with Gasteiger partial charge in [-0.25, -0.2) is 8.78 Å². The number of ether oxygens (including phenoxy) is 6. The Morgan fingerprint density at radius 2 is 1.06 bits per heavy atom. The van der Waals surface area contributed by atoms with Crippen LogP contribution in [0.5, 0.6) is 5.75 Å². The van der Waals surface area contributed by atoms with Crippen LogP contribution in [0.25, 0.3) is 10.4 Å². The van der Waals surface area contributed by atoms with Crippen molar-refractivity contribution in [2.24, 2.45) is 52.3 Å². The quantitative estimate of drug-likeness (QED) is 0.00552. The van der Waals surface area contributed by atoms with Crippen molar-refractivity contribution in [1.82, 2.24) is 25.0 Å². The Morgan fingerprint density at radius 1 is 0.637 bits per heavy atom. The lowest BCUT2D eigenvalue weighted by Crippen LogP contribution is -2.64. The van der Waals surface area contributed by atoms with Gasteiger partial charge in [-0.2, -0.15) is 8.42 Å². The molecule has 2 aromatic carbocycles. The maximum atomic E-state index is 13.9. The maximum absolute atomic E-state index is 13.9. The van der Waals surface area contributed by atoms with Crippen LogP contribution >= 0.6 is 23.2 Å². The number of nitrogens with two attached hydrogens (primary N) is 1. The maximum Gasteiger partial charge on any atom is 0.310 e. The molecule has 0 radical (unpaired) electrons. The van der Waals surface area contributed by atoms with Gasteiger partial charge in [-0.3, -0.25) is 52.2 Å². The second-order valence-corrected chi connectivity index (χ2v) is 38.0. The lowest BCUT2D eigenvalue weighted by Gasteiger charge is -2.50. The molecule has 0 aliphatic carbocycles. The van der Waals surface area contributed by atoms with Crippen molar-refractivity contribution in [2.45, 2.75) is 316 Å². The number of carbonyl (C=O) groups excluding carboxylic acids is 8. The number of nitrogens with zero attached hydrogens (tertiary/aromatic N) is 6. The van der Waals surface area contributed by atoms with Crippen molar-refractivity contribution in [3.05, 3.63) is 103 Å². The highest BCUT2D eigenvalue weighted by atomic mass is 35.5. The number of alkyl halides is 2. The summed E-state index contributed by atoms with van der Waals surface area (Å²) in [4.78, 5) is 113. The zero-order chi connectivity index (χ0) is 97.0. The van der Waals surface area contributed by atoms with Crippen LogP contribution in [0, 0.1) is 60.0 Å². The lowest BCUT2D eigenvalue weighted by atomic mass is 9.99. The molecule has 2 aliphatic heterocycles. The molecule has 1 unspecified atom stereocenters. The monoisotopic (exact) mass is 1820 g/mol. The molecule has 1 aromatic heterocycles. The van der Waals surface area contributed by atoms with E-state index < -0.39 is 61.4 Å². The smallest absolute Gasteiger partial charge is 0.310 e. The Labute approximate surface area is 749 Å². The molecule has 6 N–H and O–H groups in total. The molecule has 2 aliphatic rings. The van der Waals surface area contributed by atoms with Crippen LogP contribution in [0.4, 0.5) is 8.78 Å². The number of hydrogen-bond acceptors (Lipinski definition) is 25. The third-order valence-corrected chi connectivity index (χ3v) is 18.6. The van der Waals surface area contributed by atoms with Crippen LogP contribution in [-0.4, -0.2) is 199 Å². The summed E-state index contributed by atoms with van der Waals surface area (Å²) in [6.45, 7) is 58.8. The number of aliphatic hydroxyl groups excluding tert-OH is 1. The van der Waals surface area contributed by atoms with E-state index in [1.54, 1.807) is 30.9 Å². The second-order valence-electron chi connectivity index (χ2n) is 35.6. The molecular formula is C90H155Cl2F2N9O20S. The molecule has 3 aromatic rings. The standard InChI is InChI=1S/C24H27F2N3O4.C17H26O5S.C13H27NO2.C11H20O4.C10H19N3O2.C7H18N2.C5H10O3.C2H6.CH2Cl2/c1-13(2)28-9-14(3)10-29-20(28)12-27-11-17(22(31)23(32)21(27)24(29)33)19(30)7-5-15-4-6-16(25)8-18(15)26;1-13-6-9-15(10-7-13)23(19,20)21-12-14(2)8-11-16(18)22-17(3,4)5;1-10(2)14-9-11(3)7-8-12(15)16-13(4,5)6;1-8(10(13)14-5)6-7-9(12)15-11(2,3)4;1-8(7-12-13-11)5-6-9(14)15-10(2,3)4;1-6(2)9-5-7(3)4-8;1-4(3-6)5(7)8-2;1-2;2-1-3/h4,6,8,11,13-14,20,32H,5,7,9-10,12H2,1-3H3;6-7,9-10,14H,8,11-12H2,1-5H3;10-11,14H,7-9H2,1-6H3;8H,6-7H2,1-5H3;8H,5-7H2,1-4H3;6-7,9H,4-5,8H2,1-3H3;4,6H,3H2,1-2H3;1-2H3;1H2/t14-,20?;14-;11-;2*8-;7-;4-;;/m1000000../s1. The number of fused-ring (bicyclic) bond motifs is 2. The molecule has 0 spiro atoms. The van der Waals surface area contributed by atoms with Gasteiger partial charge in [-0.15, -0.1) is 23.2 Å². The molecule has 714 valence electrons. The first-order valence-corrected chi connectivity index (χ1v) is 45.1. The fraction of sp³-hybridized carbons (Fsp3) is 0.722. The molecule has 3 heterocycles. The van der Waals surface area contributed by atoms with Gasteiger partial charge in [0, 0.05) is 87.0 Å². The summed E-state index contributed by atoms with van der Waals surface area (Å²) in [5, 5.41) is 29.3. The Balaban J connectivity index is -0.000000704. The summed E-state index contributed by atoms with van der Waals surface area (Å²) in [7, 11) is -1.12. The Morgan fingerprint density at radius 3 is 1.46 bits per heavy atom. The molecule has 1 amide bonds. The summed E-state index contributed by atoms with van der Waals surface area (Å²) in [6.07, 6.45) is 4.77. The first-order chi connectivity index (χ1) is 57.2. The van der Waals surface area contributed by atoms with Gasteiger partial charge in [0.25, 0.3) is 16.0 Å². The summed E-state index contributed by atoms with van der Waals surface area (Å²) < 4.78 is 87.3. The Bertz CT molecular complexity index is 3840. The van der Waals surface area contributed by atoms with Gasteiger partial charge in [0.2, 0.25) is 5.43 Å². The number of aliphatic hydroxyl groups is 1. The predicted octanol–water partition coefficient (Wildman–Crippen LogP) is 16.8. The summed E-state index contributed by atoms with van der Waals surface area (Å²) in [5.74, 6) is -3.92. The van der Waals surface area contributed by atoms with Gasteiger partial charge >= 0.3 is 35.8 Å². The number of ketones is 1. The van der Waals surface area contributed by atoms with Crippen LogP contribution in [0.1, 0.15) is 277 Å². The summed E-state index contributed by atoms with van der Waals surface area (Å²) in [5.41, 5.74) is 11.6. The minimum Gasteiger partial charge on any atom is -0.503 e. The molecule has 124 heavy (non-hydrogen) atoms. The van der Waals surface area contributed by atoms with Crippen LogP contribution in [0.3, 0.4) is 0 Å². The predicted molar refractivity (Wildman–Crippen MR) is 485 cm³/mol. The third-order valence-electron chi connectivity index (χ3n) is 17.3. The van der Waals surface area contributed by atoms with E-state index in [-0.39, 0.29) is 149 Å². The number of Topliss-reactive ketones (excluding diaryl/α,β-unsaturated/α-hetero) is 1. The number of hydrogen-bond donors (Lipinski definition) is 5. The van der Waals surface area contributed by atoms with Crippen molar-refractivity contribution in [2.75, 3.05) is 72.0 Å². The zero-order valence-electron chi connectivity index (χ0n) is 80.0. The van der Waals surface area contributed by atoms with Crippen LogP contribution in [0.2, 0.25) is 0 Å². The number of pyridine rings is 1. The van der Waals surface area contributed by atoms with Crippen LogP contribution in [-0.2, 0) is 84.5 Å². The number of carbonyl (C=O) groups is 8. The van der Waals surface area contributed by atoms with Gasteiger partial charge in [-0.05, 0) is 221 Å². The van der Waals surface area contributed by atoms with Gasteiger partial charge in [0.15, 0.2) is 17.2 Å². The first kappa shape index (κ1) is 123. The number of methoxy groups -OCH3 is 2. The zero-order valence-corrected chi connectivity index (χ0v) is 82.4. The van der Waals surface area contributed by atoms with Crippen molar-refractivity contribution in [3.8, 4) is 5.75 Å². The molecule has 0 saturated carbocycles. The highest BCUT2D eigenvalue weighted by Crippen LogP contribution is 2.31. The van der Waals surface area contributed by atoms with E-state index in [1.165, 1.54) is 43.2 Å². The van der Waals surface area contributed by atoms with E-state index in [0.717, 1.165) is 50.3 Å². The van der Waals surface area contributed by atoms with E-state index >= 15 is 0 Å². The molecule has 1 saturated heterocycles. The second kappa shape index (κ2) is 63.5. The van der Waals surface area contributed by atoms with E-state index in [2.05, 4.69) is 76.6 Å². The van der Waals surface area contributed by atoms with E-state index in [0.29, 0.717) is 75.7 Å². The van der Waals surface area contributed by atoms with Gasteiger partial charge < -0.3 is 64.5 Å². The number of azide groups is 1. The van der Waals surface area contributed by atoms with Gasteiger partial charge in [0.05, 0.1) is 61.6 Å². The number of aromatic nitrogens is 1. The molecular weight excluding hydrogens is 1670 g/mol. The number of amides is 1. The van der Waals surface area contributed by atoms with Crippen molar-refractivity contribution in [1.29, 1.82) is 0 Å². The molecule has 29 nitrogen and oxygen atoms in total. The first-order valence-electron chi connectivity index (χ1n) is 42.6. The fourth-order valence-corrected chi connectivity index (χ4v) is 11.8. The number of esters is 6. The van der Waals surface area contributed by atoms with E-state index in [4.69, 9.17) is 62.7 Å². The number of rotatable bonds is 33. The number of benzene rings is 2. The molecule has 5 rings (SSSR count). The van der Waals surface area contributed by atoms with Crippen molar-refractivity contribution < 1.29 is 98.4 Å². The number of nitrogens with one attached hydrogen (secondary N) is 2. The fourth-order valence-electron chi connectivity index (χ4n) is 10.8. The number of aromatic hydroxyl groups is 1. The van der Waals surface area contributed by atoms with Gasteiger partial charge in [0.1, 0.15) is 40.2 Å². The molecule has 1 fully saturated rings. The number of aryl methyl sites for hydroxylation is 2. The molecule has 34 heteroatoms. The normalized spacial score (nSPS) is 15.0. The minimum atomic E-state index is -3.76. The summed E-state index contributed by atoms with van der Waals surface area (Å²) in [6, 6.07) is 10.9. The van der Waals surface area contributed by atoms with Crippen molar-refractivity contribution in [3.63, 3.8) is 0 Å². The van der Waals surface area contributed by atoms with Crippen LogP contribution in [0.15, 0.2) is 63.5 Å². The van der Waals surface area contributed by atoms with Gasteiger partial charge in [-0.1, -0.05) is 112 Å². The average molecular weight is 1820 g/mol. The molecule has 0 bridgehead atoms. The van der Waals surface area contributed by atoms with Crippen molar-refractivity contribution >= 4 is 80.8 Å². The van der Waals surface area contributed by atoms with E-state index in [1.807, 2.05) is 138 Å². The third kappa shape index (κ3) is 58.8. The highest BCUT2D eigenvalue weighted by Gasteiger charge is 2.43. The topological polar surface area (TPSA) is 403 Å². The Hall–Kier alpha value is -7.39. The largest absolute Gasteiger partial charge is 0.503 e. The molecule has 8 atom stereocenters. The number of halogens is 4. The van der Waals surface area contributed by atoms with E-state index in [9.17, 15) is 65.5 Å². The minimum absolute atomic E-state index is 0.0265. The van der Waals surface area contributed by atoms with Crippen LogP contribution < -0.4 is 21.8 Å². The lowest BCUT2D eigenvalue weighted by molar-refractivity contribution is -0.157. The summed E-state index contributed by atoms with van der Waals surface area (Å²) >= 11 is 9.53.